The summed E-state index contributed by atoms with van der Waals surface area (Å²) in [4.78, 5) is 0. The molecule has 0 amide bonds. The molecule has 1 N–H and O–H groups in total. The first-order chi connectivity index (χ1) is 7.95. The minimum Gasteiger partial charge on any atom is -0.380 e. The molecule has 2 nitrogen and oxygen atoms in total. The third-order valence-corrected chi connectivity index (χ3v) is 2.98. The van der Waals surface area contributed by atoms with Crippen LogP contribution in [0.4, 0.5) is 0 Å². The van der Waals surface area contributed by atoms with Crippen LogP contribution in [-0.2, 0) is 4.74 Å². The Hall–Kier alpha value is -0.0800. The summed E-state index contributed by atoms with van der Waals surface area (Å²) in [6, 6.07) is 0.632. The first-order valence-electron chi connectivity index (χ1n) is 7.27. The fraction of sp³-hybridized carbons (Fsp3) is 1.00. The molecular formula is C15H33NO. The van der Waals surface area contributed by atoms with E-state index in [9.17, 15) is 0 Å². The highest BCUT2D eigenvalue weighted by molar-refractivity contribution is 4.61. The molecule has 0 aliphatic rings. The first-order valence-corrected chi connectivity index (χ1v) is 7.27. The Morgan fingerprint density at radius 1 is 1.12 bits per heavy atom. The maximum Gasteiger partial charge on any atom is 0.0591 e. The van der Waals surface area contributed by atoms with Crippen molar-refractivity contribution >= 4 is 0 Å². The van der Waals surface area contributed by atoms with E-state index in [0.717, 1.165) is 26.2 Å². The van der Waals surface area contributed by atoms with Crippen molar-refractivity contribution in [3.63, 3.8) is 0 Å². The van der Waals surface area contributed by atoms with E-state index < -0.39 is 0 Å². The van der Waals surface area contributed by atoms with E-state index in [1.807, 2.05) is 0 Å². The number of hydrogen-bond acceptors (Lipinski definition) is 2. The predicted octanol–water partition coefficient (Wildman–Crippen LogP) is 4.00. The maximum absolute atomic E-state index is 5.62. The number of unbranched alkanes of at least 4 members (excludes halogenated alkanes) is 2. The van der Waals surface area contributed by atoms with Crippen molar-refractivity contribution in [2.24, 2.45) is 5.41 Å². The molecule has 0 aromatic heterocycles. The Kier molecular flexibility index (Phi) is 9.85. The zero-order valence-electron chi connectivity index (χ0n) is 12.6. The van der Waals surface area contributed by atoms with Gasteiger partial charge in [-0.3, -0.25) is 0 Å². The SMILES string of the molecule is CCCCCC(C)NCCOCCC(C)(C)C. The summed E-state index contributed by atoms with van der Waals surface area (Å²) in [5, 5.41) is 3.51. The monoisotopic (exact) mass is 243 g/mol. The lowest BCUT2D eigenvalue weighted by atomic mass is 9.93. The van der Waals surface area contributed by atoms with Gasteiger partial charge in [-0.05, 0) is 25.2 Å². The molecule has 0 bridgehead atoms. The molecule has 0 aliphatic heterocycles. The molecule has 1 atom stereocenters. The Labute approximate surface area is 109 Å². The fourth-order valence-electron chi connectivity index (χ4n) is 1.66. The predicted molar refractivity (Wildman–Crippen MR) is 76.5 cm³/mol. The Morgan fingerprint density at radius 2 is 1.82 bits per heavy atom. The average molecular weight is 243 g/mol. The van der Waals surface area contributed by atoms with Gasteiger partial charge in [0, 0.05) is 19.2 Å². The van der Waals surface area contributed by atoms with Crippen molar-refractivity contribution in [2.45, 2.75) is 72.8 Å². The summed E-state index contributed by atoms with van der Waals surface area (Å²) in [6.07, 6.45) is 6.43. The van der Waals surface area contributed by atoms with Gasteiger partial charge in [-0.2, -0.15) is 0 Å². The Bertz CT molecular complexity index is 163. The van der Waals surface area contributed by atoms with Gasteiger partial charge in [0.2, 0.25) is 0 Å². The lowest BCUT2D eigenvalue weighted by Crippen LogP contribution is -2.29. The Balaban J connectivity index is 3.22. The second-order valence-corrected chi connectivity index (χ2v) is 6.27. The molecule has 0 spiro atoms. The fourth-order valence-corrected chi connectivity index (χ4v) is 1.66. The average Bonchev–Trinajstić information content (AvgIpc) is 2.22. The highest BCUT2D eigenvalue weighted by atomic mass is 16.5. The normalized spacial score (nSPS) is 13.9. The third kappa shape index (κ3) is 13.9. The molecule has 2 heteroatoms. The van der Waals surface area contributed by atoms with E-state index in [4.69, 9.17) is 4.74 Å². The molecular weight excluding hydrogens is 210 g/mol. The summed E-state index contributed by atoms with van der Waals surface area (Å²) in [5.41, 5.74) is 0.390. The second kappa shape index (κ2) is 9.90. The van der Waals surface area contributed by atoms with E-state index in [-0.39, 0.29) is 0 Å². The quantitative estimate of drug-likeness (QED) is 0.586. The maximum atomic E-state index is 5.62. The molecule has 0 fully saturated rings. The second-order valence-electron chi connectivity index (χ2n) is 6.27. The molecule has 1 unspecified atom stereocenters. The van der Waals surface area contributed by atoms with Crippen LogP contribution in [0.2, 0.25) is 0 Å². The molecule has 0 aliphatic carbocycles. The van der Waals surface area contributed by atoms with E-state index in [1.165, 1.54) is 25.7 Å². The summed E-state index contributed by atoms with van der Waals surface area (Å²) in [6.45, 7) is 14.0. The number of hydrogen-bond donors (Lipinski definition) is 1. The summed E-state index contributed by atoms with van der Waals surface area (Å²) < 4.78 is 5.62. The largest absolute Gasteiger partial charge is 0.380 e. The molecule has 0 rings (SSSR count). The van der Waals surface area contributed by atoms with Crippen molar-refractivity contribution in [2.75, 3.05) is 19.8 Å². The van der Waals surface area contributed by atoms with Gasteiger partial charge in [-0.15, -0.1) is 0 Å². The summed E-state index contributed by atoms with van der Waals surface area (Å²) >= 11 is 0. The molecule has 0 radical (unpaired) electrons. The molecule has 0 aromatic carbocycles. The lowest BCUT2D eigenvalue weighted by molar-refractivity contribution is 0.108. The zero-order valence-corrected chi connectivity index (χ0v) is 12.6. The summed E-state index contributed by atoms with van der Waals surface area (Å²) in [7, 11) is 0. The van der Waals surface area contributed by atoms with Crippen LogP contribution >= 0.6 is 0 Å². The number of nitrogens with one attached hydrogen (secondary N) is 1. The van der Waals surface area contributed by atoms with Gasteiger partial charge in [0.25, 0.3) is 0 Å². The summed E-state index contributed by atoms with van der Waals surface area (Å²) in [5.74, 6) is 0. The smallest absolute Gasteiger partial charge is 0.0591 e. The number of ether oxygens (including phenoxy) is 1. The van der Waals surface area contributed by atoms with Crippen molar-refractivity contribution in [1.29, 1.82) is 0 Å². The molecule has 0 heterocycles. The molecule has 17 heavy (non-hydrogen) atoms. The Morgan fingerprint density at radius 3 is 2.41 bits per heavy atom. The van der Waals surface area contributed by atoms with Crippen molar-refractivity contribution in [3.8, 4) is 0 Å². The highest BCUT2D eigenvalue weighted by Gasteiger charge is 2.09. The van der Waals surface area contributed by atoms with Gasteiger partial charge in [0.05, 0.1) is 6.61 Å². The van der Waals surface area contributed by atoms with Gasteiger partial charge in [-0.25, -0.2) is 0 Å². The third-order valence-electron chi connectivity index (χ3n) is 2.98. The van der Waals surface area contributed by atoms with E-state index in [1.54, 1.807) is 0 Å². The lowest BCUT2D eigenvalue weighted by Gasteiger charge is -2.18. The van der Waals surface area contributed by atoms with Crippen LogP contribution < -0.4 is 5.32 Å². The van der Waals surface area contributed by atoms with Crippen LogP contribution in [0.1, 0.15) is 66.7 Å². The molecule has 104 valence electrons. The minimum atomic E-state index is 0.390. The van der Waals surface area contributed by atoms with Gasteiger partial charge < -0.3 is 10.1 Å². The molecule has 0 saturated carbocycles. The zero-order chi connectivity index (χ0) is 13.1. The van der Waals surface area contributed by atoms with Crippen LogP contribution in [0.3, 0.4) is 0 Å². The van der Waals surface area contributed by atoms with Gasteiger partial charge in [-0.1, -0.05) is 47.0 Å². The van der Waals surface area contributed by atoms with Crippen LogP contribution in [0, 0.1) is 5.41 Å². The van der Waals surface area contributed by atoms with Gasteiger partial charge in [0.1, 0.15) is 0 Å². The van der Waals surface area contributed by atoms with Crippen LogP contribution in [0.25, 0.3) is 0 Å². The topological polar surface area (TPSA) is 21.3 Å². The van der Waals surface area contributed by atoms with Crippen molar-refractivity contribution in [1.82, 2.24) is 5.32 Å². The van der Waals surface area contributed by atoms with Crippen molar-refractivity contribution in [3.05, 3.63) is 0 Å². The standard InChI is InChI=1S/C15H33NO/c1-6-7-8-9-14(2)16-11-13-17-12-10-15(3,4)5/h14,16H,6-13H2,1-5H3. The van der Waals surface area contributed by atoms with Crippen LogP contribution in [-0.4, -0.2) is 25.8 Å². The van der Waals surface area contributed by atoms with E-state index in [2.05, 4.69) is 39.9 Å². The van der Waals surface area contributed by atoms with Crippen molar-refractivity contribution < 1.29 is 4.74 Å². The van der Waals surface area contributed by atoms with E-state index in [0.29, 0.717) is 11.5 Å². The van der Waals surface area contributed by atoms with Gasteiger partial charge >= 0.3 is 0 Å². The van der Waals surface area contributed by atoms with Crippen LogP contribution in [0.15, 0.2) is 0 Å². The van der Waals surface area contributed by atoms with Crippen LogP contribution in [0.5, 0.6) is 0 Å². The highest BCUT2D eigenvalue weighted by Crippen LogP contribution is 2.17. The molecule has 0 aromatic rings. The minimum absolute atomic E-state index is 0.390. The van der Waals surface area contributed by atoms with Gasteiger partial charge in [0.15, 0.2) is 0 Å². The first kappa shape index (κ1) is 16.9. The number of rotatable bonds is 10. The molecule has 0 saturated heterocycles. The van der Waals surface area contributed by atoms with E-state index >= 15 is 0 Å².